The monoisotopic (exact) mass is 369 g/mol. The summed E-state index contributed by atoms with van der Waals surface area (Å²) in [7, 11) is 0. The maximum absolute atomic E-state index is 14.1. The van der Waals surface area contributed by atoms with Gasteiger partial charge < -0.3 is 5.32 Å². The minimum Gasteiger partial charge on any atom is -0.310 e. The summed E-state index contributed by atoms with van der Waals surface area (Å²) < 4.78 is 14.8. The fourth-order valence-electron chi connectivity index (χ4n) is 2.45. The van der Waals surface area contributed by atoms with Crippen molar-refractivity contribution in [1.29, 1.82) is 0 Å². The lowest BCUT2D eigenvalue weighted by Gasteiger charge is -2.21. The summed E-state index contributed by atoms with van der Waals surface area (Å²) in [4.78, 5) is 0. The molecule has 0 radical (unpaired) electrons. The molecule has 1 atom stereocenters. The number of likely N-dealkylation sites (N-methyl/N-ethyl adjacent to an activating group) is 1. The van der Waals surface area contributed by atoms with Crippen LogP contribution in [-0.4, -0.2) is 6.54 Å². The molecule has 0 saturated carbocycles. The van der Waals surface area contributed by atoms with Crippen LogP contribution in [0.4, 0.5) is 4.39 Å². The second kappa shape index (κ2) is 7.39. The first-order valence-electron chi connectivity index (χ1n) is 6.95. The van der Waals surface area contributed by atoms with Gasteiger partial charge in [-0.2, -0.15) is 0 Å². The topological polar surface area (TPSA) is 12.0 Å². The van der Waals surface area contributed by atoms with Gasteiger partial charge in [0.2, 0.25) is 0 Å². The van der Waals surface area contributed by atoms with Gasteiger partial charge in [0, 0.05) is 15.5 Å². The van der Waals surface area contributed by atoms with Gasteiger partial charge in [-0.1, -0.05) is 52.7 Å². The molecule has 0 aromatic heterocycles. The van der Waals surface area contributed by atoms with Gasteiger partial charge in [0.25, 0.3) is 0 Å². The van der Waals surface area contributed by atoms with E-state index in [0.717, 1.165) is 27.2 Å². The molecule has 0 fully saturated rings. The van der Waals surface area contributed by atoms with Crippen molar-refractivity contribution in [3.05, 3.63) is 68.4 Å². The maximum Gasteiger partial charge on any atom is 0.127 e. The van der Waals surface area contributed by atoms with Crippen LogP contribution in [0.1, 0.15) is 29.7 Å². The van der Waals surface area contributed by atoms with Crippen LogP contribution in [0, 0.1) is 12.7 Å². The fraction of sp³-hybridized carbons (Fsp3) is 0.294. The van der Waals surface area contributed by atoms with Gasteiger partial charge in [-0.05, 0) is 54.8 Å². The zero-order valence-electron chi connectivity index (χ0n) is 12.1. The molecule has 1 N–H and O–H groups in total. The molecule has 0 heterocycles. The zero-order chi connectivity index (χ0) is 15.4. The van der Waals surface area contributed by atoms with E-state index < -0.39 is 0 Å². The van der Waals surface area contributed by atoms with E-state index in [2.05, 4.69) is 21.2 Å². The molecular weight excluding hydrogens is 353 g/mol. The Bertz CT molecular complexity index is 630. The van der Waals surface area contributed by atoms with E-state index in [0.29, 0.717) is 12.0 Å². The molecule has 0 saturated heterocycles. The summed E-state index contributed by atoms with van der Waals surface area (Å²) in [6.45, 7) is 4.86. The first-order chi connectivity index (χ1) is 10.0. The summed E-state index contributed by atoms with van der Waals surface area (Å²) in [6.07, 6.45) is 0.591. The van der Waals surface area contributed by atoms with Gasteiger partial charge in [0.1, 0.15) is 5.82 Å². The van der Waals surface area contributed by atoms with Crippen molar-refractivity contribution in [2.24, 2.45) is 0 Å². The minimum absolute atomic E-state index is 0.0457. The highest BCUT2D eigenvalue weighted by Crippen LogP contribution is 2.28. The number of benzene rings is 2. The van der Waals surface area contributed by atoms with E-state index >= 15 is 0 Å². The Balaban J connectivity index is 2.33. The molecule has 112 valence electrons. The first kappa shape index (κ1) is 16.5. The van der Waals surface area contributed by atoms with Gasteiger partial charge in [0.05, 0.1) is 0 Å². The van der Waals surface area contributed by atoms with Gasteiger partial charge >= 0.3 is 0 Å². The average Bonchev–Trinajstić information content (AvgIpc) is 2.44. The van der Waals surface area contributed by atoms with Crippen molar-refractivity contribution in [3.63, 3.8) is 0 Å². The summed E-state index contributed by atoms with van der Waals surface area (Å²) in [6, 6.07) is 11.1. The lowest BCUT2D eigenvalue weighted by atomic mass is 9.95. The number of halogens is 3. The van der Waals surface area contributed by atoms with Crippen LogP contribution in [0.3, 0.4) is 0 Å². The smallest absolute Gasteiger partial charge is 0.127 e. The third-order valence-corrected chi connectivity index (χ3v) is 4.48. The lowest BCUT2D eigenvalue weighted by molar-refractivity contribution is 0.526. The average molecular weight is 371 g/mol. The summed E-state index contributed by atoms with van der Waals surface area (Å²) >= 11 is 9.49. The molecule has 0 bridgehead atoms. The number of hydrogen-bond donors (Lipinski definition) is 1. The standard InChI is InChI=1S/C17H18BrClFN/c1-3-21-17(14-5-4-6-15(19)11(14)2)9-12-7-8-13(18)10-16(12)20/h4-8,10,17,21H,3,9H2,1-2H3. The van der Waals surface area contributed by atoms with Crippen LogP contribution >= 0.6 is 27.5 Å². The molecule has 0 aliphatic heterocycles. The maximum atomic E-state index is 14.1. The van der Waals surface area contributed by atoms with E-state index in [-0.39, 0.29) is 11.9 Å². The zero-order valence-corrected chi connectivity index (χ0v) is 14.4. The van der Waals surface area contributed by atoms with Gasteiger partial charge in [-0.25, -0.2) is 4.39 Å². The highest BCUT2D eigenvalue weighted by molar-refractivity contribution is 9.10. The van der Waals surface area contributed by atoms with E-state index in [4.69, 9.17) is 11.6 Å². The predicted octanol–water partition coefficient (Wildman–Crippen LogP) is 5.44. The van der Waals surface area contributed by atoms with Crippen LogP contribution in [-0.2, 0) is 6.42 Å². The lowest BCUT2D eigenvalue weighted by Crippen LogP contribution is -2.24. The third-order valence-electron chi connectivity index (χ3n) is 3.57. The van der Waals surface area contributed by atoms with Crippen LogP contribution in [0.5, 0.6) is 0 Å². The van der Waals surface area contributed by atoms with E-state index in [1.54, 1.807) is 0 Å². The Morgan fingerprint density at radius 3 is 2.71 bits per heavy atom. The SMILES string of the molecule is CCNC(Cc1ccc(Br)cc1F)c1cccc(Cl)c1C. The fourth-order valence-corrected chi connectivity index (χ4v) is 2.96. The molecule has 21 heavy (non-hydrogen) atoms. The minimum atomic E-state index is -0.188. The normalized spacial score (nSPS) is 12.4. The summed E-state index contributed by atoms with van der Waals surface area (Å²) in [5.74, 6) is -0.188. The van der Waals surface area contributed by atoms with Crippen molar-refractivity contribution in [2.75, 3.05) is 6.54 Å². The third kappa shape index (κ3) is 4.06. The van der Waals surface area contributed by atoms with Crippen LogP contribution in [0.15, 0.2) is 40.9 Å². The molecule has 0 amide bonds. The van der Waals surface area contributed by atoms with Gasteiger partial charge in [0.15, 0.2) is 0 Å². The molecular formula is C17H18BrClFN. The van der Waals surface area contributed by atoms with Crippen LogP contribution in [0.25, 0.3) is 0 Å². The Labute approximate surface area is 138 Å². The Kier molecular flexibility index (Phi) is 5.80. The Morgan fingerprint density at radius 2 is 2.05 bits per heavy atom. The highest BCUT2D eigenvalue weighted by Gasteiger charge is 2.16. The Morgan fingerprint density at radius 1 is 1.29 bits per heavy atom. The molecule has 2 aromatic rings. The van der Waals surface area contributed by atoms with Gasteiger partial charge in [-0.3, -0.25) is 0 Å². The van der Waals surface area contributed by atoms with Gasteiger partial charge in [-0.15, -0.1) is 0 Å². The largest absolute Gasteiger partial charge is 0.310 e. The second-order valence-electron chi connectivity index (χ2n) is 5.00. The molecule has 0 aliphatic rings. The molecule has 1 unspecified atom stereocenters. The first-order valence-corrected chi connectivity index (χ1v) is 8.12. The molecule has 0 spiro atoms. The number of rotatable bonds is 5. The Hall–Kier alpha value is -0.900. The predicted molar refractivity (Wildman–Crippen MR) is 90.4 cm³/mol. The molecule has 0 aliphatic carbocycles. The van der Waals surface area contributed by atoms with Crippen molar-refractivity contribution < 1.29 is 4.39 Å². The second-order valence-corrected chi connectivity index (χ2v) is 6.33. The van der Waals surface area contributed by atoms with Crippen LogP contribution < -0.4 is 5.32 Å². The van der Waals surface area contributed by atoms with E-state index in [9.17, 15) is 4.39 Å². The van der Waals surface area contributed by atoms with Crippen molar-refractivity contribution in [2.45, 2.75) is 26.3 Å². The van der Waals surface area contributed by atoms with E-state index in [1.807, 2.05) is 44.2 Å². The van der Waals surface area contributed by atoms with E-state index in [1.165, 1.54) is 6.07 Å². The molecule has 4 heteroatoms. The number of nitrogens with one attached hydrogen (secondary N) is 1. The van der Waals surface area contributed by atoms with Crippen molar-refractivity contribution in [1.82, 2.24) is 5.32 Å². The summed E-state index contributed by atoms with van der Waals surface area (Å²) in [5, 5.41) is 4.16. The molecule has 2 aromatic carbocycles. The van der Waals surface area contributed by atoms with Crippen molar-refractivity contribution in [3.8, 4) is 0 Å². The molecule has 2 rings (SSSR count). The van der Waals surface area contributed by atoms with Crippen molar-refractivity contribution >= 4 is 27.5 Å². The highest BCUT2D eigenvalue weighted by atomic mass is 79.9. The number of hydrogen-bond acceptors (Lipinski definition) is 1. The quantitative estimate of drug-likeness (QED) is 0.738. The molecule has 1 nitrogen and oxygen atoms in total. The van der Waals surface area contributed by atoms with Crippen LogP contribution in [0.2, 0.25) is 5.02 Å². The summed E-state index contributed by atoms with van der Waals surface area (Å²) in [5.41, 5.74) is 2.86.